The van der Waals surface area contributed by atoms with Crippen LogP contribution in [-0.4, -0.2) is 0 Å². The maximum atomic E-state index is 4.23. The van der Waals surface area contributed by atoms with Crippen molar-refractivity contribution < 1.29 is 0 Å². The van der Waals surface area contributed by atoms with Gasteiger partial charge in [0.1, 0.15) is 0 Å². The quantitative estimate of drug-likeness (QED) is 0.571. The van der Waals surface area contributed by atoms with E-state index in [1.165, 1.54) is 31.3 Å². The Kier molecular flexibility index (Phi) is 4.22. The lowest BCUT2D eigenvalue weighted by molar-refractivity contribution is 0.376. The molecule has 2 atom stereocenters. The second kappa shape index (κ2) is 5.00. The lowest BCUT2D eigenvalue weighted by Crippen LogP contribution is -2.06. The van der Waals surface area contributed by atoms with Crippen molar-refractivity contribution in [1.82, 2.24) is 0 Å². The zero-order valence-corrected chi connectivity index (χ0v) is 10.3. The van der Waals surface area contributed by atoms with E-state index in [9.17, 15) is 0 Å². The molecule has 0 N–H and O–H groups in total. The van der Waals surface area contributed by atoms with Gasteiger partial charge in [0.05, 0.1) is 0 Å². The molecule has 14 heavy (non-hydrogen) atoms. The minimum atomic E-state index is 0.798. The molecule has 0 saturated heterocycles. The van der Waals surface area contributed by atoms with Crippen molar-refractivity contribution in [2.45, 2.75) is 53.4 Å². The molecule has 0 aromatic rings. The van der Waals surface area contributed by atoms with Gasteiger partial charge in [-0.3, -0.25) is 0 Å². The first-order chi connectivity index (χ1) is 6.50. The fourth-order valence-electron chi connectivity index (χ4n) is 2.66. The van der Waals surface area contributed by atoms with Crippen LogP contribution in [0.1, 0.15) is 53.4 Å². The lowest BCUT2D eigenvalue weighted by atomic mass is 9.90. The van der Waals surface area contributed by atoms with Gasteiger partial charge in [0.25, 0.3) is 0 Å². The van der Waals surface area contributed by atoms with Crippen molar-refractivity contribution in [2.75, 3.05) is 0 Å². The van der Waals surface area contributed by atoms with Crippen molar-refractivity contribution in [3.63, 3.8) is 0 Å². The molecular formula is C14H26. The Morgan fingerprint density at radius 2 is 1.93 bits per heavy atom. The molecule has 1 aliphatic carbocycles. The molecule has 0 heterocycles. The number of hydrogen-bond acceptors (Lipinski definition) is 0. The Hall–Kier alpha value is -0.260. The molecule has 0 bridgehead atoms. The summed E-state index contributed by atoms with van der Waals surface area (Å²) in [6, 6.07) is 0. The average molecular weight is 194 g/mol. The first-order valence-electron chi connectivity index (χ1n) is 6.18. The highest BCUT2D eigenvalue weighted by molar-refractivity contribution is 5.09. The van der Waals surface area contributed by atoms with E-state index < -0.39 is 0 Å². The maximum Gasteiger partial charge on any atom is -0.0180 e. The van der Waals surface area contributed by atoms with Gasteiger partial charge in [-0.2, -0.15) is 0 Å². The largest absolute Gasteiger partial charge is 0.0996 e. The third kappa shape index (κ3) is 3.15. The fraction of sp³-hybridized carbons (Fsp3) is 0.857. The highest BCUT2D eigenvalue weighted by atomic mass is 14.3. The van der Waals surface area contributed by atoms with E-state index in [2.05, 4.69) is 34.3 Å². The molecule has 0 aromatic heterocycles. The fourth-order valence-corrected chi connectivity index (χ4v) is 2.66. The van der Waals surface area contributed by atoms with Gasteiger partial charge >= 0.3 is 0 Å². The monoisotopic (exact) mass is 194 g/mol. The molecule has 1 saturated carbocycles. The molecule has 0 nitrogen and oxygen atoms in total. The topological polar surface area (TPSA) is 0 Å². The first kappa shape index (κ1) is 11.8. The summed E-state index contributed by atoms with van der Waals surface area (Å²) in [5.41, 5.74) is 1.52. The predicted octanol–water partition coefficient (Wildman–Crippen LogP) is 4.66. The maximum absolute atomic E-state index is 4.23. The van der Waals surface area contributed by atoms with E-state index >= 15 is 0 Å². The second-order valence-corrected chi connectivity index (χ2v) is 5.79. The minimum Gasteiger partial charge on any atom is -0.0996 e. The van der Waals surface area contributed by atoms with Crippen LogP contribution in [0.5, 0.6) is 0 Å². The molecule has 0 aliphatic heterocycles. The van der Waals surface area contributed by atoms with Crippen LogP contribution in [0, 0.1) is 23.7 Å². The number of allylic oxidation sites excluding steroid dienone is 1. The zero-order valence-electron chi connectivity index (χ0n) is 10.3. The smallest absolute Gasteiger partial charge is 0.0180 e. The van der Waals surface area contributed by atoms with Crippen molar-refractivity contribution in [1.29, 1.82) is 0 Å². The van der Waals surface area contributed by atoms with Gasteiger partial charge < -0.3 is 0 Å². The standard InChI is InChI=1S/C14H26/c1-10(2)6-7-13-8-12(5)14(9-13)11(3)4/h10-11,13-14H,5-9H2,1-4H3. The zero-order chi connectivity index (χ0) is 10.7. The lowest BCUT2D eigenvalue weighted by Gasteiger charge is -2.15. The Balaban J connectivity index is 2.35. The van der Waals surface area contributed by atoms with Crippen LogP contribution in [0.4, 0.5) is 0 Å². The van der Waals surface area contributed by atoms with Gasteiger partial charge in [-0.05, 0) is 42.9 Å². The summed E-state index contributed by atoms with van der Waals surface area (Å²) in [4.78, 5) is 0. The SMILES string of the molecule is C=C1CC(CCC(C)C)CC1C(C)C. The van der Waals surface area contributed by atoms with Crippen LogP contribution >= 0.6 is 0 Å². The predicted molar refractivity (Wildman–Crippen MR) is 64.3 cm³/mol. The molecular weight excluding hydrogens is 168 g/mol. The second-order valence-electron chi connectivity index (χ2n) is 5.79. The third-order valence-corrected chi connectivity index (χ3v) is 3.62. The Bertz CT molecular complexity index is 188. The highest BCUT2D eigenvalue weighted by Gasteiger charge is 2.29. The molecule has 0 heteroatoms. The Morgan fingerprint density at radius 1 is 1.29 bits per heavy atom. The van der Waals surface area contributed by atoms with E-state index in [0.29, 0.717) is 0 Å². The molecule has 0 radical (unpaired) electrons. The summed E-state index contributed by atoms with van der Waals surface area (Å²) >= 11 is 0. The molecule has 2 unspecified atom stereocenters. The molecule has 0 spiro atoms. The summed E-state index contributed by atoms with van der Waals surface area (Å²) in [6.45, 7) is 13.5. The van der Waals surface area contributed by atoms with E-state index in [4.69, 9.17) is 0 Å². The van der Waals surface area contributed by atoms with Gasteiger partial charge in [0, 0.05) is 0 Å². The van der Waals surface area contributed by atoms with E-state index in [1.54, 1.807) is 0 Å². The summed E-state index contributed by atoms with van der Waals surface area (Å²) < 4.78 is 0. The van der Waals surface area contributed by atoms with Gasteiger partial charge in [-0.15, -0.1) is 0 Å². The summed E-state index contributed by atoms with van der Waals surface area (Å²) in [7, 11) is 0. The van der Waals surface area contributed by atoms with Gasteiger partial charge in [-0.25, -0.2) is 0 Å². The number of hydrogen-bond donors (Lipinski definition) is 0. The first-order valence-corrected chi connectivity index (χ1v) is 6.18. The van der Waals surface area contributed by atoms with Crippen molar-refractivity contribution in [2.24, 2.45) is 23.7 Å². The van der Waals surface area contributed by atoms with Crippen LogP contribution in [0.3, 0.4) is 0 Å². The van der Waals surface area contributed by atoms with Crippen LogP contribution in [0.25, 0.3) is 0 Å². The van der Waals surface area contributed by atoms with Gasteiger partial charge in [0.15, 0.2) is 0 Å². The molecule has 1 fully saturated rings. The number of rotatable bonds is 4. The van der Waals surface area contributed by atoms with Gasteiger partial charge in [-0.1, -0.05) is 46.3 Å². The van der Waals surface area contributed by atoms with Crippen LogP contribution in [-0.2, 0) is 0 Å². The summed E-state index contributed by atoms with van der Waals surface area (Å²) in [6.07, 6.45) is 5.52. The average Bonchev–Trinajstić information content (AvgIpc) is 2.43. The minimum absolute atomic E-state index is 0.798. The Morgan fingerprint density at radius 3 is 2.36 bits per heavy atom. The van der Waals surface area contributed by atoms with Crippen LogP contribution in [0.2, 0.25) is 0 Å². The third-order valence-electron chi connectivity index (χ3n) is 3.62. The molecule has 0 aromatic carbocycles. The van der Waals surface area contributed by atoms with Crippen molar-refractivity contribution in [3.05, 3.63) is 12.2 Å². The van der Waals surface area contributed by atoms with Crippen LogP contribution < -0.4 is 0 Å². The summed E-state index contributed by atoms with van der Waals surface area (Å²) in [5.74, 6) is 3.41. The van der Waals surface area contributed by atoms with E-state index in [0.717, 1.165) is 23.7 Å². The van der Waals surface area contributed by atoms with Crippen molar-refractivity contribution in [3.8, 4) is 0 Å². The molecule has 0 amide bonds. The highest BCUT2D eigenvalue weighted by Crippen LogP contribution is 2.41. The van der Waals surface area contributed by atoms with Crippen LogP contribution in [0.15, 0.2) is 12.2 Å². The van der Waals surface area contributed by atoms with E-state index in [1.807, 2.05) is 0 Å². The summed E-state index contributed by atoms with van der Waals surface area (Å²) in [5, 5.41) is 0. The Labute approximate surface area is 89.8 Å². The molecule has 82 valence electrons. The van der Waals surface area contributed by atoms with Crippen molar-refractivity contribution >= 4 is 0 Å². The van der Waals surface area contributed by atoms with Gasteiger partial charge in [0.2, 0.25) is 0 Å². The molecule has 1 rings (SSSR count). The molecule has 1 aliphatic rings. The van der Waals surface area contributed by atoms with E-state index in [-0.39, 0.29) is 0 Å². The normalized spacial score (nSPS) is 28.0.